The number of nitrogens with one attached hydrogen (secondary N) is 1. The van der Waals surface area contributed by atoms with Crippen molar-refractivity contribution in [3.63, 3.8) is 0 Å². The van der Waals surface area contributed by atoms with Crippen LogP contribution in [0.3, 0.4) is 0 Å². The standard InChI is InChI=1S/C13H24F3N/c1-11(12-7-4-2-3-5-8-12)17-10-6-9-13(14,15)16/h11-12,17H,2-10H2,1H3/t11-/m1/s1. The third-order valence-corrected chi connectivity index (χ3v) is 3.71. The zero-order valence-corrected chi connectivity index (χ0v) is 10.7. The maximum atomic E-state index is 12.0. The van der Waals surface area contributed by atoms with Gasteiger partial charge in [0.15, 0.2) is 0 Å². The molecule has 102 valence electrons. The second-order valence-electron chi connectivity index (χ2n) is 5.21. The van der Waals surface area contributed by atoms with E-state index in [9.17, 15) is 13.2 Å². The van der Waals surface area contributed by atoms with E-state index in [2.05, 4.69) is 12.2 Å². The molecule has 4 heteroatoms. The van der Waals surface area contributed by atoms with Gasteiger partial charge in [0.1, 0.15) is 0 Å². The highest BCUT2D eigenvalue weighted by atomic mass is 19.4. The van der Waals surface area contributed by atoms with Crippen molar-refractivity contribution >= 4 is 0 Å². The molecular weight excluding hydrogens is 227 g/mol. The SMILES string of the molecule is C[C@@H](NCCCC(F)(F)F)C1CCCCCC1. The molecule has 0 aromatic carbocycles. The highest BCUT2D eigenvalue weighted by molar-refractivity contribution is 4.74. The normalized spacial score (nSPS) is 21.2. The van der Waals surface area contributed by atoms with Gasteiger partial charge in [0.25, 0.3) is 0 Å². The van der Waals surface area contributed by atoms with Gasteiger partial charge in [0.05, 0.1) is 0 Å². The van der Waals surface area contributed by atoms with E-state index >= 15 is 0 Å². The van der Waals surface area contributed by atoms with Gasteiger partial charge in [-0.15, -0.1) is 0 Å². The maximum absolute atomic E-state index is 12.0. The largest absolute Gasteiger partial charge is 0.389 e. The molecule has 1 saturated carbocycles. The van der Waals surface area contributed by atoms with Gasteiger partial charge < -0.3 is 5.32 Å². The molecule has 1 nitrogen and oxygen atoms in total. The summed E-state index contributed by atoms with van der Waals surface area (Å²) in [4.78, 5) is 0. The fourth-order valence-electron chi connectivity index (χ4n) is 2.60. The first-order valence-corrected chi connectivity index (χ1v) is 6.79. The monoisotopic (exact) mass is 251 g/mol. The summed E-state index contributed by atoms with van der Waals surface area (Å²) in [6.45, 7) is 2.60. The van der Waals surface area contributed by atoms with Crippen LogP contribution in [0.25, 0.3) is 0 Å². The van der Waals surface area contributed by atoms with Gasteiger partial charge in [-0.25, -0.2) is 0 Å². The Morgan fingerprint density at radius 1 is 1.12 bits per heavy atom. The van der Waals surface area contributed by atoms with Crippen LogP contribution in [0.2, 0.25) is 0 Å². The molecule has 1 aliphatic carbocycles. The quantitative estimate of drug-likeness (QED) is 0.568. The summed E-state index contributed by atoms with van der Waals surface area (Å²) in [6.07, 6.45) is 3.17. The number of halogens is 3. The summed E-state index contributed by atoms with van der Waals surface area (Å²) in [5.74, 6) is 0.656. The highest BCUT2D eigenvalue weighted by Crippen LogP contribution is 2.25. The van der Waals surface area contributed by atoms with Gasteiger partial charge >= 0.3 is 6.18 Å². The van der Waals surface area contributed by atoms with Crippen LogP contribution < -0.4 is 5.32 Å². The zero-order valence-electron chi connectivity index (χ0n) is 10.7. The zero-order chi connectivity index (χ0) is 12.7. The van der Waals surface area contributed by atoms with Crippen LogP contribution in [-0.2, 0) is 0 Å². The molecule has 0 saturated heterocycles. The summed E-state index contributed by atoms with van der Waals surface area (Å²) >= 11 is 0. The van der Waals surface area contributed by atoms with Crippen LogP contribution >= 0.6 is 0 Å². The van der Waals surface area contributed by atoms with E-state index in [1.807, 2.05) is 0 Å². The Kier molecular flexibility index (Phi) is 6.31. The van der Waals surface area contributed by atoms with E-state index in [-0.39, 0.29) is 6.42 Å². The van der Waals surface area contributed by atoms with Crippen molar-refractivity contribution in [3.05, 3.63) is 0 Å². The third kappa shape index (κ3) is 6.92. The van der Waals surface area contributed by atoms with Crippen molar-refractivity contribution < 1.29 is 13.2 Å². The Morgan fingerprint density at radius 3 is 2.24 bits per heavy atom. The van der Waals surface area contributed by atoms with E-state index in [4.69, 9.17) is 0 Å². The first-order valence-electron chi connectivity index (χ1n) is 6.79. The van der Waals surface area contributed by atoms with Gasteiger partial charge in [-0.3, -0.25) is 0 Å². The minimum absolute atomic E-state index is 0.195. The average Bonchev–Trinajstić information content (AvgIpc) is 2.51. The van der Waals surface area contributed by atoms with E-state index in [0.29, 0.717) is 18.5 Å². The molecule has 1 rings (SSSR count). The minimum atomic E-state index is -4.01. The summed E-state index contributed by atoms with van der Waals surface area (Å²) < 4.78 is 35.9. The van der Waals surface area contributed by atoms with Crippen LogP contribution in [-0.4, -0.2) is 18.8 Å². The molecule has 0 radical (unpaired) electrons. The fourth-order valence-corrected chi connectivity index (χ4v) is 2.60. The number of hydrogen-bond acceptors (Lipinski definition) is 1. The molecule has 0 heterocycles. The molecule has 0 aliphatic heterocycles. The molecular formula is C13H24F3N. The summed E-state index contributed by atoms with van der Waals surface area (Å²) in [6, 6.07) is 0.362. The molecule has 1 N–H and O–H groups in total. The highest BCUT2D eigenvalue weighted by Gasteiger charge is 2.26. The van der Waals surface area contributed by atoms with Crippen molar-refractivity contribution in [2.75, 3.05) is 6.54 Å². The third-order valence-electron chi connectivity index (χ3n) is 3.71. The van der Waals surface area contributed by atoms with Gasteiger partial charge in [0.2, 0.25) is 0 Å². The van der Waals surface area contributed by atoms with Crippen molar-refractivity contribution in [3.8, 4) is 0 Å². The topological polar surface area (TPSA) is 12.0 Å². The van der Waals surface area contributed by atoms with Crippen LogP contribution in [0.15, 0.2) is 0 Å². The molecule has 0 bridgehead atoms. The van der Waals surface area contributed by atoms with Gasteiger partial charge in [-0.2, -0.15) is 13.2 Å². The first kappa shape index (κ1) is 14.8. The molecule has 0 unspecified atom stereocenters. The second-order valence-corrected chi connectivity index (χ2v) is 5.21. The average molecular weight is 251 g/mol. The predicted octanol–water partition coefficient (Wildman–Crippen LogP) is 4.28. The molecule has 0 spiro atoms. The van der Waals surface area contributed by atoms with Crippen molar-refractivity contribution in [1.82, 2.24) is 5.32 Å². The number of alkyl halides is 3. The van der Waals surface area contributed by atoms with Crippen LogP contribution in [0, 0.1) is 5.92 Å². The summed E-state index contributed by atoms with van der Waals surface area (Å²) in [7, 11) is 0. The van der Waals surface area contributed by atoms with Crippen LogP contribution in [0.1, 0.15) is 58.3 Å². The first-order chi connectivity index (χ1) is 7.99. The Bertz CT molecular complexity index is 195. The molecule has 0 amide bonds. The van der Waals surface area contributed by atoms with Crippen LogP contribution in [0.4, 0.5) is 13.2 Å². The van der Waals surface area contributed by atoms with Gasteiger partial charge in [0, 0.05) is 12.5 Å². The second kappa shape index (κ2) is 7.24. The Balaban J connectivity index is 2.13. The minimum Gasteiger partial charge on any atom is -0.314 e. The summed E-state index contributed by atoms with van der Waals surface area (Å²) in [5.41, 5.74) is 0. The molecule has 0 aromatic rings. The fraction of sp³-hybridized carbons (Fsp3) is 1.00. The Morgan fingerprint density at radius 2 is 1.71 bits per heavy atom. The Labute approximate surface area is 102 Å². The lowest BCUT2D eigenvalue weighted by Gasteiger charge is -2.23. The molecule has 0 aromatic heterocycles. The molecule has 17 heavy (non-hydrogen) atoms. The predicted molar refractivity (Wildman–Crippen MR) is 63.9 cm³/mol. The van der Waals surface area contributed by atoms with Crippen molar-refractivity contribution in [1.29, 1.82) is 0 Å². The van der Waals surface area contributed by atoms with Crippen LogP contribution in [0.5, 0.6) is 0 Å². The number of hydrogen-bond donors (Lipinski definition) is 1. The summed E-state index contributed by atoms with van der Waals surface area (Å²) in [5, 5.41) is 3.25. The van der Waals surface area contributed by atoms with Crippen molar-refractivity contribution in [2.24, 2.45) is 5.92 Å². The van der Waals surface area contributed by atoms with Crippen molar-refractivity contribution in [2.45, 2.75) is 70.5 Å². The lowest BCUT2D eigenvalue weighted by Crippen LogP contribution is -2.34. The molecule has 1 fully saturated rings. The molecule has 1 atom stereocenters. The molecule has 1 aliphatic rings. The van der Waals surface area contributed by atoms with Gasteiger partial charge in [-0.1, -0.05) is 25.7 Å². The lowest BCUT2D eigenvalue weighted by molar-refractivity contribution is -0.135. The Hall–Kier alpha value is -0.250. The van der Waals surface area contributed by atoms with E-state index in [1.165, 1.54) is 38.5 Å². The number of rotatable bonds is 5. The lowest BCUT2D eigenvalue weighted by atomic mass is 9.93. The van der Waals surface area contributed by atoms with Gasteiger partial charge in [-0.05, 0) is 38.6 Å². The smallest absolute Gasteiger partial charge is 0.314 e. The van der Waals surface area contributed by atoms with E-state index < -0.39 is 12.6 Å². The maximum Gasteiger partial charge on any atom is 0.389 e. The van der Waals surface area contributed by atoms with E-state index in [1.54, 1.807) is 0 Å². The van der Waals surface area contributed by atoms with E-state index in [0.717, 1.165) is 0 Å².